The van der Waals surface area contributed by atoms with Gasteiger partial charge in [-0.25, -0.2) is 4.98 Å². The Morgan fingerprint density at radius 2 is 1.79 bits per heavy atom. The molecule has 0 amide bonds. The first kappa shape index (κ1) is 11.5. The molecule has 3 aromatic rings. The Morgan fingerprint density at radius 3 is 2.58 bits per heavy atom. The Kier molecular flexibility index (Phi) is 2.80. The minimum atomic E-state index is 0.587. The standard InChI is InChI=1S/C16H14N2O/c1-11-8-14(17)10-18-16(11)19-15-7-6-12-4-2-3-5-13(12)9-15/h2-10H,17H2,1H3. The van der Waals surface area contributed by atoms with Crippen molar-refractivity contribution < 1.29 is 4.74 Å². The summed E-state index contributed by atoms with van der Waals surface area (Å²) < 4.78 is 5.81. The van der Waals surface area contributed by atoms with Crippen LogP contribution in [0.2, 0.25) is 0 Å². The number of pyridine rings is 1. The molecule has 2 N–H and O–H groups in total. The Bertz CT molecular complexity index is 738. The fourth-order valence-corrected chi connectivity index (χ4v) is 2.03. The van der Waals surface area contributed by atoms with E-state index in [0.29, 0.717) is 11.6 Å². The number of benzene rings is 2. The van der Waals surface area contributed by atoms with Gasteiger partial charge in [-0.1, -0.05) is 30.3 Å². The summed E-state index contributed by atoms with van der Waals surface area (Å²) >= 11 is 0. The lowest BCUT2D eigenvalue weighted by Gasteiger charge is -2.08. The smallest absolute Gasteiger partial charge is 0.222 e. The van der Waals surface area contributed by atoms with Crippen LogP contribution in [0.4, 0.5) is 5.69 Å². The van der Waals surface area contributed by atoms with Crippen LogP contribution in [0.15, 0.2) is 54.7 Å². The molecule has 0 aliphatic heterocycles. The summed E-state index contributed by atoms with van der Waals surface area (Å²) in [5.41, 5.74) is 7.24. The normalized spacial score (nSPS) is 10.6. The van der Waals surface area contributed by atoms with Gasteiger partial charge in [0.2, 0.25) is 5.88 Å². The molecule has 94 valence electrons. The summed E-state index contributed by atoms with van der Waals surface area (Å²) in [5, 5.41) is 2.34. The fraction of sp³-hybridized carbons (Fsp3) is 0.0625. The van der Waals surface area contributed by atoms with Gasteiger partial charge in [0.25, 0.3) is 0 Å². The Balaban J connectivity index is 1.96. The highest BCUT2D eigenvalue weighted by Gasteiger charge is 2.04. The number of nitrogen functional groups attached to an aromatic ring is 1. The van der Waals surface area contributed by atoms with Crippen LogP contribution >= 0.6 is 0 Å². The minimum absolute atomic E-state index is 0.587. The highest BCUT2D eigenvalue weighted by molar-refractivity contribution is 5.83. The average molecular weight is 250 g/mol. The summed E-state index contributed by atoms with van der Waals surface area (Å²) in [6.07, 6.45) is 1.60. The predicted octanol–water partition coefficient (Wildman–Crippen LogP) is 3.92. The molecule has 0 unspecified atom stereocenters. The molecule has 0 spiro atoms. The average Bonchev–Trinajstić information content (AvgIpc) is 2.42. The van der Waals surface area contributed by atoms with Gasteiger partial charge in [-0.2, -0.15) is 0 Å². The molecule has 0 aliphatic carbocycles. The van der Waals surface area contributed by atoms with Crippen molar-refractivity contribution in [3.05, 3.63) is 60.3 Å². The lowest BCUT2D eigenvalue weighted by atomic mass is 10.1. The quantitative estimate of drug-likeness (QED) is 0.750. The largest absolute Gasteiger partial charge is 0.439 e. The van der Waals surface area contributed by atoms with Crippen molar-refractivity contribution in [2.24, 2.45) is 0 Å². The molecule has 2 aromatic carbocycles. The van der Waals surface area contributed by atoms with Gasteiger partial charge in [0.05, 0.1) is 11.9 Å². The van der Waals surface area contributed by atoms with Crippen LogP contribution in [0.5, 0.6) is 11.6 Å². The fourth-order valence-electron chi connectivity index (χ4n) is 2.03. The number of aryl methyl sites for hydroxylation is 1. The van der Waals surface area contributed by atoms with Crippen molar-refractivity contribution >= 4 is 16.5 Å². The van der Waals surface area contributed by atoms with Gasteiger partial charge < -0.3 is 10.5 Å². The highest BCUT2D eigenvalue weighted by Crippen LogP contribution is 2.26. The Labute approximate surface area is 111 Å². The zero-order valence-corrected chi connectivity index (χ0v) is 10.6. The first-order valence-electron chi connectivity index (χ1n) is 6.11. The molecule has 0 fully saturated rings. The number of anilines is 1. The van der Waals surface area contributed by atoms with E-state index in [1.165, 1.54) is 5.39 Å². The van der Waals surface area contributed by atoms with Gasteiger partial charge in [-0.05, 0) is 35.9 Å². The van der Waals surface area contributed by atoms with Crippen molar-refractivity contribution in [2.45, 2.75) is 6.92 Å². The summed E-state index contributed by atoms with van der Waals surface area (Å²) in [4.78, 5) is 4.21. The monoisotopic (exact) mass is 250 g/mol. The van der Waals surface area contributed by atoms with Crippen molar-refractivity contribution in [2.75, 3.05) is 5.73 Å². The molecule has 0 bridgehead atoms. The number of fused-ring (bicyclic) bond motifs is 1. The maximum atomic E-state index is 5.81. The second kappa shape index (κ2) is 4.61. The SMILES string of the molecule is Cc1cc(N)cnc1Oc1ccc2ccccc2c1. The first-order valence-corrected chi connectivity index (χ1v) is 6.11. The van der Waals surface area contributed by atoms with Gasteiger partial charge in [0.15, 0.2) is 0 Å². The Morgan fingerprint density at radius 1 is 1.00 bits per heavy atom. The second-order valence-electron chi connectivity index (χ2n) is 4.50. The minimum Gasteiger partial charge on any atom is -0.439 e. The number of nitrogens with zero attached hydrogens (tertiary/aromatic N) is 1. The molecule has 0 aliphatic rings. The summed E-state index contributed by atoms with van der Waals surface area (Å²) in [6, 6.07) is 16.0. The van der Waals surface area contributed by atoms with Gasteiger partial charge >= 0.3 is 0 Å². The van der Waals surface area contributed by atoms with E-state index in [1.807, 2.05) is 43.3 Å². The first-order chi connectivity index (χ1) is 9.22. The van der Waals surface area contributed by atoms with E-state index in [-0.39, 0.29) is 0 Å². The summed E-state index contributed by atoms with van der Waals surface area (Å²) in [6.45, 7) is 1.93. The van der Waals surface area contributed by atoms with Gasteiger partial charge in [-0.3, -0.25) is 0 Å². The van der Waals surface area contributed by atoms with Crippen LogP contribution in [0, 0.1) is 6.92 Å². The van der Waals surface area contributed by atoms with Crippen LogP contribution in [-0.2, 0) is 0 Å². The topological polar surface area (TPSA) is 48.1 Å². The van der Waals surface area contributed by atoms with Crippen molar-refractivity contribution in [3.8, 4) is 11.6 Å². The predicted molar refractivity (Wildman–Crippen MR) is 77.4 cm³/mol. The summed E-state index contributed by atoms with van der Waals surface area (Å²) in [5.74, 6) is 1.36. The molecule has 1 heterocycles. The van der Waals surface area contributed by atoms with E-state index in [4.69, 9.17) is 10.5 Å². The highest BCUT2D eigenvalue weighted by atomic mass is 16.5. The molecule has 19 heavy (non-hydrogen) atoms. The van der Waals surface area contributed by atoms with E-state index in [1.54, 1.807) is 6.20 Å². The van der Waals surface area contributed by atoms with E-state index in [2.05, 4.69) is 17.1 Å². The van der Waals surface area contributed by atoms with Crippen LogP contribution in [0.25, 0.3) is 10.8 Å². The maximum Gasteiger partial charge on any atom is 0.222 e. The molecule has 3 rings (SSSR count). The number of hydrogen-bond donors (Lipinski definition) is 1. The van der Waals surface area contributed by atoms with E-state index in [0.717, 1.165) is 16.7 Å². The maximum absolute atomic E-state index is 5.81. The number of hydrogen-bond acceptors (Lipinski definition) is 3. The van der Waals surface area contributed by atoms with Gasteiger partial charge in [0.1, 0.15) is 5.75 Å². The molecular formula is C16H14N2O. The molecule has 3 heteroatoms. The molecule has 0 saturated heterocycles. The molecule has 0 saturated carbocycles. The zero-order chi connectivity index (χ0) is 13.2. The van der Waals surface area contributed by atoms with Crippen LogP contribution < -0.4 is 10.5 Å². The van der Waals surface area contributed by atoms with E-state index in [9.17, 15) is 0 Å². The number of aromatic nitrogens is 1. The molecule has 0 atom stereocenters. The van der Waals surface area contributed by atoms with Crippen LogP contribution in [0.1, 0.15) is 5.56 Å². The molecule has 3 nitrogen and oxygen atoms in total. The number of nitrogens with two attached hydrogens (primary N) is 1. The van der Waals surface area contributed by atoms with Crippen molar-refractivity contribution in [1.29, 1.82) is 0 Å². The third-order valence-electron chi connectivity index (χ3n) is 2.99. The third kappa shape index (κ3) is 2.36. The number of rotatable bonds is 2. The number of ether oxygens (including phenoxy) is 1. The van der Waals surface area contributed by atoms with Gasteiger partial charge in [0, 0.05) is 5.56 Å². The molecular weight excluding hydrogens is 236 g/mol. The zero-order valence-electron chi connectivity index (χ0n) is 10.6. The van der Waals surface area contributed by atoms with E-state index >= 15 is 0 Å². The molecule has 0 radical (unpaired) electrons. The Hall–Kier alpha value is -2.55. The second-order valence-corrected chi connectivity index (χ2v) is 4.50. The lowest BCUT2D eigenvalue weighted by Crippen LogP contribution is -1.94. The lowest BCUT2D eigenvalue weighted by molar-refractivity contribution is 0.460. The van der Waals surface area contributed by atoms with Gasteiger partial charge in [-0.15, -0.1) is 0 Å². The van der Waals surface area contributed by atoms with Crippen LogP contribution in [-0.4, -0.2) is 4.98 Å². The van der Waals surface area contributed by atoms with Crippen molar-refractivity contribution in [1.82, 2.24) is 4.98 Å². The van der Waals surface area contributed by atoms with Crippen LogP contribution in [0.3, 0.4) is 0 Å². The van der Waals surface area contributed by atoms with Crippen molar-refractivity contribution in [3.63, 3.8) is 0 Å². The third-order valence-corrected chi connectivity index (χ3v) is 2.99. The summed E-state index contributed by atoms with van der Waals surface area (Å²) in [7, 11) is 0. The molecule has 1 aromatic heterocycles. The van der Waals surface area contributed by atoms with E-state index < -0.39 is 0 Å².